The molecule has 6 nitrogen and oxygen atoms in total. The van der Waals surface area contributed by atoms with Crippen LogP contribution in [0.15, 0.2) is 48.7 Å². The van der Waals surface area contributed by atoms with Crippen molar-refractivity contribution in [1.82, 2.24) is 9.80 Å². The number of piperazine rings is 1. The minimum Gasteiger partial charge on any atom is -0.339 e. The fourth-order valence-electron chi connectivity index (χ4n) is 5.38. The number of amides is 2. The molecule has 3 aliphatic rings. The van der Waals surface area contributed by atoms with Crippen LogP contribution in [0.25, 0.3) is 0 Å². The van der Waals surface area contributed by atoms with Gasteiger partial charge in [-0.2, -0.15) is 13.2 Å². The van der Waals surface area contributed by atoms with Crippen LogP contribution in [0.4, 0.5) is 19.0 Å². The third-order valence-corrected chi connectivity index (χ3v) is 7.60. The van der Waals surface area contributed by atoms with E-state index in [0.717, 1.165) is 37.5 Å². The summed E-state index contributed by atoms with van der Waals surface area (Å²) in [6, 6.07) is 10.5. The highest BCUT2D eigenvalue weighted by Crippen LogP contribution is 2.60. The molecule has 2 saturated heterocycles. The van der Waals surface area contributed by atoms with Crippen LogP contribution in [-0.4, -0.2) is 60.9 Å². The molecule has 1 saturated carbocycles. The number of carbonyl (C=O) groups excluding carboxylic acids is 2. The molecule has 0 radical (unpaired) electrons. The number of benzene rings is 1. The van der Waals surface area contributed by atoms with E-state index < -0.39 is 11.7 Å². The highest BCUT2D eigenvalue weighted by molar-refractivity contribution is 5.94. The normalized spacial score (nSPS) is 22.1. The van der Waals surface area contributed by atoms with Gasteiger partial charge in [-0.3, -0.25) is 14.5 Å². The summed E-state index contributed by atoms with van der Waals surface area (Å²) < 4.78 is 39.0. The Balaban J connectivity index is 1.14. The molecule has 3 fully saturated rings. The lowest BCUT2D eigenvalue weighted by molar-refractivity contribution is -0.364. The summed E-state index contributed by atoms with van der Waals surface area (Å²) in [5, 5.41) is 0. The predicted molar refractivity (Wildman–Crippen MR) is 119 cm³/mol. The van der Waals surface area contributed by atoms with Crippen molar-refractivity contribution in [2.45, 2.75) is 25.4 Å². The van der Waals surface area contributed by atoms with Gasteiger partial charge in [0.2, 0.25) is 5.91 Å². The molecule has 1 spiro atoms. The largest absolute Gasteiger partial charge is 0.416 e. The number of pyridine rings is 1. The topological polar surface area (TPSA) is 58.0 Å². The van der Waals surface area contributed by atoms with Gasteiger partial charge in [0.25, 0.3) is 11.7 Å². The Kier molecular flexibility index (Phi) is 5.73. The molecule has 1 unspecified atom stereocenters. The molecule has 1 aromatic carbocycles. The Hall–Kier alpha value is -3.10. The van der Waals surface area contributed by atoms with Crippen LogP contribution in [-0.2, 0) is 11.0 Å². The quantitative estimate of drug-likeness (QED) is 0.689. The number of anilines is 1. The molecule has 1 N–H and O–H groups in total. The monoisotopic (exact) mass is 473 g/mol. The number of hydrogen-bond donors (Lipinski definition) is 0. The smallest absolute Gasteiger partial charge is 0.339 e. The van der Waals surface area contributed by atoms with E-state index in [0.29, 0.717) is 39.0 Å². The number of halogens is 3. The molecule has 2 amide bonds. The van der Waals surface area contributed by atoms with Gasteiger partial charge < -0.3 is 9.80 Å². The summed E-state index contributed by atoms with van der Waals surface area (Å²) >= 11 is 0. The first-order valence-electron chi connectivity index (χ1n) is 11.7. The Morgan fingerprint density at radius 2 is 1.65 bits per heavy atom. The van der Waals surface area contributed by atoms with Crippen molar-refractivity contribution >= 4 is 17.6 Å². The molecular formula is C25H28F3N4O2+. The molecular weight excluding hydrogens is 445 g/mol. The highest BCUT2D eigenvalue weighted by atomic mass is 19.4. The van der Waals surface area contributed by atoms with Crippen molar-refractivity contribution in [2.24, 2.45) is 11.3 Å². The number of nitrogens with zero attached hydrogens (tertiary/aromatic N) is 3. The second-order valence-electron chi connectivity index (χ2n) is 9.55. The molecule has 1 atom stereocenters. The summed E-state index contributed by atoms with van der Waals surface area (Å²) in [5.74, 6) is 0.871. The molecule has 1 aliphatic carbocycles. The van der Waals surface area contributed by atoms with Gasteiger partial charge >= 0.3 is 6.18 Å². The zero-order chi connectivity index (χ0) is 23.9. The average Bonchev–Trinajstić information content (AvgIpc) is 3.56. The first-order chi connectivity index (χ1) is 16.3. The third-order valence-electron chi connectivity index (χ3n) is 7.60. The molecule has 34 heavy (non-hydrogen) atoms. The lowest BCUT2D eigenvalue weighted by atomic mass is 9.90. The summed E-state index contributed by atoms with van der Waals surface area (Å²) in [6.45, 7) is 3.88. The van der Waals surface area contributed by atoms with Gasteiger partial charge in [0.1, 0.15) is 13.1 Å². The molecule has 9 heteroatoms. The number of carbonyl (C=O) groups is 2. The van der Waals surface area contributed by atoms with Crippen LogP contribution in [0.5, 0.6) is 0 Å². The van der Waals surface area contributed by atoms with Crippen LogP contribution in [0.1, 0.15) is 35.2 Å². The standard InChI is InChI=1S/C25H27F3N4O2/c26-25(27,28)19-5-3-4-18(16-19)22(33)31-10-7-24(8-11-31)17-20(24)23(34)32-14-12-30(13-15-32)21-6-1-2-9-29-21/h1-6,9,16,20H,7-8,10-15,17H2/p+1. The Morgan fingerprint density at radius 3 is 2.29 bits per heavy atom. The summed E-state index contributed by atoms with van der Waals surface area (Å²) in [5.41, 5.74) is -0.820. The maximum Gasteiger partial charge on any atom is 0.416 e. The van der Waals surface area contributed by atoms with E-state index in [2.05, 4.69) is 9.88 Å². The number of nitrogens with one attached hydrogen (secondary N) is 1. The summed E-state index contributed by atoms with van der Waals surface area (Å²) in [7, 11) is 0. The fraction of sp³-hybridized carbons (Fsp3) is 0.480. The highest BCUT2D eigenvalue weighted by Gasteiger charge is 2.59. The Bertz CT molecular complexity index is 1060. The number of likely N-dealkylation sites (tertiary alicyclic amines) is 1. The van der Waals surface area contributed by atoms with Crippen LogP contribution in [0.2, 0.25) is 0 Å². The zero-order valence-electron chi connectivity index (χ0n) is 18.9. The van der Waals surface area contributed by atoms with Crippen LogP contribution in [0, 0.1) is 11.3 Å². The fourth-order valence-corrected chi connectivity index (χ4v) is 5.38. The van der Waals surface area contributed by atoms with E-state index in [1.807, 2.05) is 29.3 Å². The second-order valence-corrected chi connectivity index (χ2v) is 9.55. The van der Waals surface area contributed by atoms with E-state index in [-0.39, 0.29) is 28.7 Å². The maximum atomic E-state index is 13.2. The van der Waals surface area contributed by atoms with E-state index in [1.54, 1.807) is 4.90 Å². The molecule has 5 rings (SSSR count). The molecule has 2 aromatic rings. The van der Waals surface area contributed by atoms with E-state index in [9.17, 15) is 22.8 Å². The van der Waals surface area contributed by atoms with Gasteiger partial charge in [0.05, 0.1) is 24.8 Å². The Morgan fingerprint density at radius 1 is 0.912 bits per heavy atom. The number of alkyl halides is 3. The Labute approximate surface area is 196 Å². The number of H-pyrrole nitrogens is 1. The summed E-state index contributed by atoms with van der Waals surface area (Å²) in [6.07, 6.45) is -0.316. The summed E-state index contributed by atoms with van der Waals surface area (Å²) in [4.78, 5) is 35.0. The van der Waals surface area contributed by atoms with E-state index in [4.69, 9.17) is 0 Å². The number of aromatic amines is 1. The number of aromatic nitrogens is 1. The molecule has 3 heterocycles. The first-order valence-corrected chi connectivity index (χ1v) is 11.7. The van der Waals surface area contributed by atoms with E-state index in [1.165, 1.54) is 12.1 Å². The van der Waals surface area contributed by atoms with Crippen molar-refractivity contribution in [2.75, 3.05) is 44.2 Å². The predicted octanol–water partition coefficient (Wildman–Crippen LogP) is 3.11. The average molecular weight is 474 g/mol. The van der Waals surface area contributed by atoms with Crippen LogP contribution >= 0.6 is 0 Å². The maximum absolute atomic E-state index is 13.2. The van der Waals surface area contributed by atoms with Gasteiger partial charge in [0.15, 0.2) is 0 Å². The number of hydrogen-bond acceptors (Lipinski definition) is 3. The van der Waals surface area contributed by atoms with E-state index >= 15 is 0 Å². The van der Waals surface area contributed by atoms with Crippen LogP contribution in [0.3, 0.4) is 0 Å². The SMILES string of the molecule is O=C(c1cccc(C(F)(F)F)c1)N1CCC2(CC1)CC2C(=O)N1CCN(c2cccc[nH+]2)CC1. The van der Waals surface area contributed by atoms with Crippen molar-refractivity contribution in [3.63, 3.8) is 0 Å². The zero-order valence-corrected chi connectivity index (χ0v) is 18.9. The molecule has 0 bridgehead atoms. The van der Waals surface area contributed by atoms with Crippen molar-refractivity contribution < 1.29 is 27.7 Å². The number of rotatable bonds is 3. The van der Waals surface area contributed by atoms with Gasteiger partial charge in [-0.05, 0) is 48.9 Å². The first kappa shape index (κ1) is 22.7. The molecule has 1 aromatic heterocycles. The number of piperidine rings is 1. The van der Waals surface area contributed by atoms with Gasteiger partial charge in [0, 0.05) is 30.6 Å². The van der Waals surface area contributed by atoms with Gasteiger partial charge in [-0.25, -0.2) is 4.98 Å². The third kappa shape index (κ3) is 4.35. The minimum absolute atomic E-state index is 0.00635. The van der Waals surface area contributed by atoms with Gasteiger partial charge in [-0.1, -0.05) is 12.1 Å². The van der Waals surface area contributed by atoms with Crippen molar-refractivity contribution in [1.29, 1.82) is 0 Å². The second kappa shape index (κ2) is 8.60. The molecule has 2 aliphatic heterocycles. The lowest BCUT2D eigenvalue weighted by Crippen LogP contribution is -2.51. The lowest BCUT2D eigenvalue weighted by Gasteiger charge is -2.35. The van der Waals surface area contributed by atoms with Crippen molar-refractivity contribution in [3.05, 3.63) is 59.8 Å². The van der Waals surface area contributed by atoms with Crippen LogP contribution < -0.4 is 9.88 Å². The molecule has 180 valence electrons. The van der Waals surface area contributed by atoms with Gasteiger partial charge in [-0.15, -0.1) is 0 Å². The van der Waals surface area contributed by atoms with Crippen molar-refractivity contribution in [3.8, 4) is 0 Å². The minimum atomic E-state index is -4.48.